The Morgan fingerprint density at radius 3 is 2.55 bits per heavy atom. The fourth-order valence-electron chi connectivity index (χ4n) is 4.22. The molecule has 0 spiro atoms. The number of hydrogen-bond donors (Lipinski definition) is 0. The summed E-state index contributed by atoms with van der Waals surface area (Å²) in [5, 5.41) is 8.82. The normalized spacial score (nSPS) is 18.2. The van der Waals surface area contributed by atoms with Gasteiger partial charge >= 0.3 is 0 Å². The topological polar surface area (TPSA) is 65.8 Å². The number of ether oxygens (including phenoxy) is 2. The van der Waals surface area contributed by atoms with Crippen molar-refractivity contribution in [3.63, 3.8) is 0 Å². The maximum absolute atomic E-state index is 6.09. The van der Waals surface area contributed by atoms with Crippen LogP contribution in [0.1, 0.15) is 18.1 Å². The Hall–Kier alpha value is -2.55. The number of pyridine rings is 1. The molecular formula is C25H36N6O2. The van der Waals surface area contributed by atoms with Gasteiger partial charge < -0.3 is 19.3 Å². The van der Waals surface area contributed by atoms with Crippen molar-refractivity contribution < 1.29 is 9.47 Å². The quantitative estimate of drug-likeness (QED) is 0.543. The first-order chi connectivity index (χ1) is 16.2. The van der Waals surface area contributed by atoms with Gasteiger partial charge in [-0.25, -0.2) is 0 Å². The molecule has 0 N–H and O–H groups in total. The highest BCUT2D eigenvalue weighted by molar-refractivity contribution is 5.55. The molecule has 1 aromatic carbocycles. The average Bonchev–Trinajstić information content (AvgIpc) is 2.85. The van der Waals surface area contributed by atoms with Gasteiger partial charge in [0.1, 0.15) is 6.61 Å². The maximum atomic E-state index is 6.09. The number of likely N-dealkylation sites (N-methyl/N-ethyl adjacent to an activating group) is 1. The number of aryl methyl sites for hydroxylation is 1. The minimum atomic E-state index is 0.533. The molecule has 0 unspecified atom stereocenters. The summed E-state index contributed by atoms with van der Waals surface area (Å²) in [6, 6.07) is 12.3. The lowest BCUT2D eigenvalue weighted by Gasteiger charge is -2.33. The molecule has 2 saturated heterocycles. The zero-order valence-electron chi connectivity index (χ0n) is 19.9. The number of morpholine rings is 1. The van der Waals surface area contributed by atoms with Crippen molar-refractivity contribution in [2.24, 2.45) is 10.2 Å². The first-order valence-corrected chi connectivity index (χ1v) is 12.0. The van der Waals surface area contributed by atoms with Crippen molar-refractivity contribution in [3.05, 3.63) is 47.5 Å². The van der Waals surface area contributed by atoms with Gasteiger partial charge in [-0.1, -0.05) is 36.8 Å². The van der Waals surface area contributed by atoms with Gasteiger partial charge in [-0.05, 0) is 19.0 Å². The highest BCUT2D eigenvalue weighted by atomic mass is 16.5. The van der Waals surface area contributed by atoms with Crippen LogP contribution in [0.4, 0.5) is 11.5 Å². The zero-order valence-corrected chi connectivity index (χ0v) is 19.9. The van der Waals surface area contributed by atoms with E-state index in [1.165, 1.54) is 5.56 Å². The van der Waals surface area contributed by atoms with Crippen LogP contribution in [-0.2, 0) is 11.3 Å². The third-order valence-electron chi connectivity index (χ3n) is 6.23. The van der Waals surface area contributed by atoms with Crippen LogP contribution in [0.3, 0.4) is 0 Å². The third kappa shape index (κ3) is 7.22. The second-order valence-electron chi connectivity index (χ2n) is 8.63. The van der Waals surface area contributed by atoms with E-state index in [0.29, 0.717) is 24.8 Å². The van der Waals surface area contributed by atoms with Gasteiger partial charge in [0.25, 0.3) is 0 Å². The first-order valence-electron chi connectivity index (χ1n) is 12.0. The van der Waals surface area contributed by atoms with Crippen LogP contribution in [0, 0.1) is 6.92 Å². The molecular weight excluding hydrogens is 416 g/mol. The van der Waals surface area contributed by atoms with Gasteiger partial charge in [0.05, 0.1) is 19.8 Å². The molecule has 2 aromatic rings. The summed E-state index contributed by atoms with van der Waals surface area (Å²) in [6.45, 7) is 15.1. The average molecular weight is 453 g/mol. The van der Waals surface area contributed by atoms with Crippen molar-refractivity contribution in [3.8, 4) is 5.88 Å². The van der Waals surface area contributed by atoms with Crippen molar-refractivity contribution in [2.45, 2.75) is 20.4 Å². The second-order valence-corrected chi connectivity index (χ2v) is 8.63. The number of anilines is 1. The molecule has 8 heteroatoms. The SMILES string of the molecule is CCN1CCN(CCOc2cc(N3CCOCC3)cc(N=NCc3cccc(C)c3)n2)CC1. The first kappa shape index (κ1) is 23.6. The molecule has 1 aromatic heterocycles. The Bertz CT molecular complexity index is 908. The largest absolute Gasteiger partial charge is 0.476 e. The van der Waals surface area contributed by atoms with Gasteiger partial charge in [-0.2, -0.15) is 10.1 Å². The Kier molecular flexibility index (Phi) is 8.63. The van der Waals surface area contributed by atoms with Gasteiger partial charge in [-0.3, -0.25) is 4.90 Å². The monoisotopic (exact) mass is 452 g/mol. The second kappa shape index (κ2) is 12.1. The van der Waals surface area contributed by atoms with Crippen LogP contribution in [0.15, 0.2) is 46.6 Å². The van der Waals surface area contributed by atoms with E-state index in [1.807, 2.05) is 18.2 Å². The minimum Gasteiger partial charge on any atom is -0.476 e. The summed E-state index contributed by atoms with van der Waals surface area (Å²) in [5.74, 6) is 1.19. The molecule has 2 aliphatic heterocycles. The molecule has 178 valence electrons. The van der Waals surface area contributed by atoms with E-state index >= 15 is 0 Å². The molecule has 4 rings (SSSR count). The lowest BCUT2D eigenvalue weighted by atomic mass is 10.1. The smallest absolute Gasteiger partial charge is 0.217 e. The van der Waals surface area contributed by atoms with E-state index in [-0.39, 0.29) is 0 Å². The number of benzene rings is 1. The molecule has 0 bridgehead atoms. The maximum Gasteiger partial charge on any atom is 0.217 e. The Balaban J connectivity index is 1.39. The van der Waals surface area contributed by atoms with Crippen LogP contribution in [0.2, 0.25) is 0 Å². The van der Waals surface area contributed by atoms with E-state index in [0.717, 1.165) is 76.8 Å². The lowest BCUT2D eigenvalue weighted by molar-refractivity contribution is 0.119. The number of hydrogen-bond acceptors (Lipinski definition) is 8. The predicted octanol–water partition coefficient (Wildman–Crippen LogP) is 3.53. The van der Waals surface area contributed by atoms with Crippen molar-refractivity contribution >= 4 is 11.5 Å². The molecule has 0 radical (unpaired) electrons. The predicted molar refractivity (Wildman–Crippen MR) is 131 cm³/mol. The zero-order chi connectivity index (χ0) is 22.9. The highest BCUT2D eigenvalue weighted by Gasteiger charge is 2.16. The fraction of sp³-hybridized carbons (Fsp3) is 0.560. The molecule has 3 heterocycles. The Morgan fingerprint density at radius 2 is 1.79 bits per heavy atom. The van der Waals surface area contributed by atoms with E-state index < -0.39 is 0 Å². The Labute approximate surface area is 197 Å². The highest BCUT2D eigenvalue weighted by Crippen LogP contribution is 2.26. The summed E-state index contributed by atoms with van der Waals surface area (Å²) >= 11 is 0. The number of azo groups is 1. The van der Waals surface area contributed by atoms with E-state index in [2.05, 4.69) is 62.0 Å². The molecule has 0 amide bonds. The van der Waals surface area contributed by atoms with E-state index in [4.69, 9.17) is 9.47 Å². The molecule has 33 heavy (non-hydrogen) atoms. The van der Waals surface area contributed by atoms with Gasteiger partial charge in [-0.15, -0.1) is 5.11 Å². The van der Waals surface area contributed by atoms with E-state index in [9.17, 15) is 0 Å². The van der Waals surface area contributed by atoms with Gasteiger partial charge in [0, 0.05) is 63.6 Å². The molecule has 8 nitrogen and oxygen atoms in total. The Morgan fingerprint density at radius 1 is 1.00 bits per heavy atom. The molecule has 2 fully saturated rings. The van der Waals surface area contributed by atoms with Gasteiger partial charge in [0.2, 0.25) is 5.88 Å². The summed E-state index contributed by atoms with van der Waals surface area (Å²) in [5.41, 5.74) is 3.43. The van der Waals surface area contributed by atoms with Crippen LogP contribution < -0.4 is 9.64 Å². The van der Waals surface area contributed by atoms with Gasteiger partial charge in [0.15, 0.2) is 5.82 Å². The number of piperazine rings is 1. The lowest BCUT2D eigenvalue weighted by Crippen LogP contribution is -2.47. The summed E-state index contributed by atoms with van der Waals surface area (Å²) in [7, 11) is 0. The van der Waals surface area contributed by atoms with Crippen LogP contribution in [0.5, 0.6) is 5.88 Å². The third-order valence-corrected chi connectivity index (χ3v) is 6.23. The van der Waals surface area contributed by atoms with E-state index in [1.54, 1.807) is 0 Å². The van der Waals surface area contributed by atoms with Crippen molar-refractivity contribution in [2.75, 3.05) is 77.1 Å². The molecule has 0 atom stereocenters. The fourth-order valence-corrected chi connectivity index (χ4v) is 4.22. The summed E-state index contributed by atoms with van der Waals surface area (Å²) in [4.78, 5) is 11.9. The van der Waals surface area contributed by atoms with Crippen LogP contribution in [0.25, 0.3) is 0 Å². The number of rotatable bonds is 9. The summed E-state index contributed by atoms with van der Waals surface area (Å²) in [6.07, 6.45) is 0. The molecule has 0 aliphatic carbocycles. The summed E-state index contributed by atoms with van der Waals surface area (Å²) < 4.78 is 11.6. The number of aromatic nitrogens is 1. The number of nitrogens with zero attached hydrogens (tertiary/aromatic N) is 6. The van der Waals surface area contributed by atoms with Crippen LogP contribution in [-0.4, -0.2) is 87.0 Å². The molecule has 0 saturated carbocycles. The molecule has 2 aliphatic rings. The minimum absolute atomic E-state index is 0.533. The van der Waals surface area contributed by atoms with Crippen molar-refractivity contribution in [1.82, 2.24) is 14.8 Å². The van der Waals surface area contributed by atoms with Crippen molar-refractivity contribution in [1.29, 1.82) is 0 Å². The standard InChI is InChI=1S/C25H36N6O2/c1-3-29-7-9-30(10-8-29)11-16-33-25-19-23(31-12-14-32-15-13-31)18-24(27-25)28-26-20-22-6-4-5-21(2)17-22/h4-6,17-19H,3,7-16,20H2,1-2H3. The van der Waals surface area contributed by atoms with Crippen LogP contribution >= 0.6 is 0 Å².